The molecule has 1 aliphatic rings. The summed E-state index contributed by atoms with van der Waals surface area (Å²) in [6, 6.07) is 0.193. The van der Waals surface area contributed by atoms with Gasteiger partial charge in [-0.2, -0.15) is 0 Å². The molecule has 5 heteroatoms. The molecule has 0 saturated heterocycles. The summed E-state index contributed by atoms with van der Waals surface area (Å²) in [5.41, 5.74) is 5.75. The summed E-state index contributed by atoms with van der Waals surface area (Å²) >= 11 is 0. The molecule has 1 aliphatic carbocycles. The van der Waals surface area contributed by atoms with Gasteiger partial charge in [-0.3, -0.25) is 0 Å². The number of rotatable bonds is 2. The zero-order valence-corrected chi connectivity index (χ0v) is 7.30. The lowest BCUT2D eigenvalue weighted by atomic mass is 9.92. The van der Waals surface area contributed by atoms with Gasteiger partial charge >= 0.3 is 0 Å². The topological polar surface area (TPSA) is 78.5 Å². The molecule has 0 heterocycles. The molecule has 0 aromatic rings. The maximum absolute atomic E-state index is 8.68. The minimum absolute atomic E-state index is 0.0908. The number of nitrogens with two attached hydrogens (primary N) is 1. The molecule has 66 valence electrons. The van der Waals surface area contributed by atoms with E-state index < -0.39 is 8.53 Å². The predicted octanol–water partition coefficient (Wildman–Crippen LogP) is 0.0574. The van der Waals surface area contributed by atoms with Crippen LogP contribution < -0.4 is 10.8 Å². The number of hydrogen-bond donors (Lipinski definition) is 4. The van der Waals surface area contributed by atoms with Crippen molar-refractivity contribution in [3.8, 4) is 0 Å². The third kappa shape index (κ3) is 3.01. The lowest BCUT2D eigenvalue weighted by Crippen LogP contribution is -2.44. The Morgan fingerprint density at radius 2 is 1.91 bits per heavy atom. The molecule has 5 N–H and O–H groups in total. The van der Waals surface area contributed by atoms with Crippen LogP contribution in [0, 0.1) is 0 Å². The monoisotopic (exact) mass is 178 g/mol. The second-order valence-electron chi connectivity index (χ2n) is 2.97. The van der Waals surface area contributed by atoms with Crippen molar-refractivity contribution < 1.29 is 9.79 Å². The minimum atomic E-state index is -1.98. The van der Waals surface area contributed by atoms with E-state index in [1.54, 1.807) is 0 Å². The molecule has 0 radical (unpaired) electrons. The van der Waals surface area contributed by atoms with Gasteiger partial charge in [-0.15, -0.1) is 0 Å². The van der Waals surface area contributed by atoms with Crippen LogP contribution in [0.2, 0.25) is 0 Å². The summed E-state index contributed by atoms with van der Waals surface area (Å²) in [5, 5.41) is 2.68. The summed E-state index contributed by atoms with van der Waals surface area (Å²) in [6.07, 6.45) is 4.24. The summed E-state index contributed by atoms with van der Waals surface area (Å²) in [7, 11) is -1.98. The van der Waals surface area contributed by atoms with Gasteiger partial charge in [0.15, 0.2) is 0 Å². The first-order valence-corrected chi connectivity index (χ1v) is 5.14. The molecule has 0 aliphatic heterocycles. The predicted molar refractivity (Wildman–Crippen MR) is 44.7 cm³/mol. The van der Waals surface area contributed by atoms with Crippen molar-refractivity contribution in [2.24, 2.45) is 5.73 Å². The van der Waals surface area contributed by atoms with E-state index >= 15 is 0 Å². The van der Waals surface area contributed by atoms with E-state index in [1.807, 2.05) is 0 Å². The van der Waals surface area contributed by atoms with E-state index in [1.165, 1.54) is 0 Å². The Balaban J connectivity index is 2.29. The Bertz CT molecular complexity index is 123. The number of nitrogens with one attached hydrogen (secondary N) is 1. The first-order chi connectivity index (χ1) is 5.20. The molecular formula is C6H15N2O2P. The van der Waals surface area contributed by atoms with Gasteiger partial charge in [-0.05, 0) is 12.8 Å². The minimum Gasteiger partial charge on any atom is -0.338 e. The summed E-state index contributed by atoms with van der Waals surface area (Å²) in [4.78, 5) is 17.4. The Morgan fingerprint density at radius 1 is 1.27 bits per heavy atom. The van der Waals surface area contributed by atoms with Crippen molar-refractivity contribution in [2.75, 3.05) is 0 Å². The van der Waals surface area contributed by atoms with E-state index in [9.17, 15) is 0 Å². The fourth-order valence-electron chi connectivity index (χ4n) is 1.47. The zero-order chi connectivity index (χ0) is 8.27. The van der Waals surface area contributed by atoms with E-state index in [2.05, 4.69) is 5.09 Å². The lowest BCUT2D eigenvalue weighted by Gasteiger charge is -2.29. The van der Waals surface area contributed by atoms with Gasteiger partial charge in [0.05, 0.1) is 0 Å². The van der Waals surface area contributed by atoms with Crippen molar-refractivity contribution >= 4 is 8.53 Å². The Labute approximate surface area is 67.8 Å². The average Bonchev–Trinajstić information content (AvgIpc) is 1.93. The molecular weight excluding hydrogens is 163 g/mol. The molecule has 1 rings (SSSR count). The maximum atomic E-state index is 8.68. The van der Waals surface area contributed by atoms with Crippen molar-refractivity contribution in [3.05, 3.63) is 0 Å². The highest BCUT2D eigenvalue weighted by Gasteiger charge is 2.22. The zero-order valence-electron chi connectivity index (χ0n) is 6.40. The summed E-state index contributed by atoms with van der Waals surface area (Å²) < 4.78 is 0. The molecule has 2 atom stereocenters. The molecule has 11 heavy (non-hydrogen) atoms. The van der Waals surface area contributed by atoms with Crippen molar-refractivity contribution in [1.82, 2.24) is 5.09 Å². The Kier molecular flexibility index (Phi) is 3.69. The van der Waals surface area contributed by atoms with E-state index in [-0.39, 0.29) is 12.1 Å². The highest BCUT2D eigenvalue weighted by atomic mass is 31.2. The largest absolute Gasteiger partial charge is 0.338 e. The van der Waals surface area contributed by atoms with Crippen LogP contribution >= 0.6 is 8.53 Å². The fourth-order valence-corrected chi connectivity index (χ4v) is 2.09. The standard InChI is InChI=1S/C6H15N2O2P/c7-5-3-1-2-4-6(5)8-11(9)10/h5-6,8-10H,1-4,7H2. The van der Waals surface area contributed by atoms with Gasteiger partial charge in [-0.1, -0.05) is 12.8 Å². The fraction of sp³-hybridized carbons (Fsp3) is 1.00. The Morgan fingerprint density at radius 3 is 2.45 bits per heavy atom. The summed E-state index contributed by atoms with van der Waals surface area (Å²) in [6.45, 7) is 0. The highest BCUT2D eigenvalue weighted by Crippen LogP contribution is 2.24. The van der Waals surface area contributed by atoms with Gasteiger partial charge in [0.2, 0.25) is 0 Å². The third-order valence-electron chi connectivity index (χ3n) is 2.10. The first-order valence-electron chi connectivity index (χ1n) is 3.90. The van der Waals surface area contributed by atoms with Crippen molar-refractivity contribution in [2.45, 2.75) is 37.8 Å². The molecule has 0 aromatic heterocycles. The lowest BCUT2D eigenvalue weighted by molar-refractivity contribution is 0.344. The number of hydrogen-bond acceptors (Lipinski definition) is 4. The smallest absolute Gasteiger partial charge is 0.250 e. The van der Waals surface area contributed by atoms with Crippen LogP contribution in [0.1, 0.15) is 25.7 Å². The van der Waals surface area contributed by atoms with Crippen LogP contribution in [-0.4, -0.2) is 21.9 Å². The van der Waals surface area contributed by atoms with E-state index in [0.717, 1.165) is 25.7 Å². The van der Waals surface area contributed by atoms with Gasteiger partial charge in [0.25, 0.3) is 8.53 Å². The maximum Gasteiger partial charge on any atom is 0.250 e. The second-order valence-corrected chi connectivity index (χ2v) is 3.81. The molecule has 0 aromatic carbocycles. The molecule has 1 saturated carbocycles. The second kappa shape index (κ2) is 4.33. The van der Waals surface area contributed by atoms with Crippen molar-refractivity contribution in [3.63, 3.8) is 0 Å². The normalized spacial score (nSPS) is 32.7. The van der Waals surface area contributed by atoms with E-state index in [4.69, 9.17) is 15.5 Å². The van der Waals surface area contributed by atoms with Crippen LogP contribution in [0.3, 0.4) is 0 Å². The van der Waals surface area contributed by atoms with Gasteiger partial charge in [0, 0.05) is 12.1 Å². The average molecular weight is 178 g/mol. The summed E-state index contributed by atoms with van der Waals surface area (Å²) in [5.74, 6) is 0. The molecule has 4 nitrogen and oxygen atoms in total. The van der Waals surface area contributed by atoms with Gasteiger partial charge in [0.1, 0.15) is 0 Å². The first kappa shape index (κ1) is 9.36. The van der Waals surface area contributed by atoms with Crippen LogP contribution in [0.15, 0.2) is 0 Å². The molecule has 0 spiro atoms. The molecule has 0 amide bonds. The van der Waals surface area contributed by atoms with Crippen LogP contribution in [0.5, 0.6) is 0 Å². The van der Waals surface area contributed by atoms with E-state index in [0.29, 0.717) is 0 Å². The SMILES string of the molecule is NC1CCCCC1NP(O)O. The third-order valence-corrected chi connectivity index (χ3v) is 2.66. The van der Waals surface area contributed by atoms with Crippen LogP contribution in [-0.2, 0) is 0 Å². The van der Waals surface area contributed by atoms with Gasteiger partial charge in [-0.25, -0.2) is 5.09 Å². The van der Waals surface area contributed by atoms with Crippen LogP contribution in [0.25, 0.3) is 0 Å². The highest BCUT2D eigenvalue weighted by molar-refractivity contribution is 7.42. The quantitative estimate of drug-likeness (QED) is 0.451. The van der Waals surface area contributed by atoms with Gasteiger partial charge < -0.3 is 15.5 Å². The van der Waals surface area contributed by atoms with Crippen LogP contribution in [0.4, 0.5) is 0 Å². The molecule has 0 bridgehead atoms. The Hall–Kier alpha value is 0.270. The van der Waals surface area contributed by atoms with Crippen molar-refractivity contribution in [1.29, 1.82) is 0 Å². The molecule has 2 unspecified atom stereocenters. The molecule has 1 fully saturated rings.